The number of fused-ring (bicyclic) bond motifs is 1. The lowest BCUT2D eigenvalue weighted by Gasteiger charge is -2.09. The number of imidazole rings is 1. The smallest absolute Gasteiger partial charge is 0.236 e. The predicted octanol–water partition coefficient (Wildman–Crippen LogP) is 2.81. The van der Waals surface area contributed by atoms with Gasteiger partial charge in [0.1, 0.15) is 0 Å². The van der Waals surface area contributed by atoms with Crippen molar-refractivity contribution in [3.8, 4) is 0 Å². The van der Waals surface area contributed by atoms with Crippen LogP contribution in [0.3, 0.4) is 0 Å². The highest BCUT2D eigenvalue weighted by Crippen LogP contribution is 2.19. The third-order valence-corrected chi connectivity index (χ3v) is 4.54. The summed E-state index contributed by atoms with van der Waals surface area (Å²) in [6.07, 6.45) is 1.58. The lowest BCUT2D eigenvalue weighted by molar-refractivity contribution is 0.600. The minimum atomic E-state index is -3.45. The molecule has 0 amide bonds. The summed E-state index contributed by atoms with van der Waals surface area (Å²) >= 11 is 0. The average Bonchev–Trinajstić information content (AvgIpc) is 2.88. The Hall–Kier alpha value is -2.34. The van der Waals surface area contributed by atoms with Crippen LogP contribution in [0.5, 0.6) is 0 Å². The Kier molecular flexibility index (Phi) is 3.39. The van der Waals surface area contributed by atoms with Gasteiger partial charge in [0, 0.05) is 0 Å². The summed E-state index contributed by atoms with van der Waals surface area (Å²) in [6, 6.07) is 12.7. The molecule has 0 bridgehead atoms. The second-order valence-corrected chi connectivity index (χ2v) is 6.64. The quantitative estimate of drug-likeness (QED) is 0.778. The van der Waals surface area contributed by atoms with Gasteiger partial charge in [-0.3, -0.25) is 4.72 Å². The molecule has 0 aliphatic heterocycles. The molecule has 0 fully saturated rings. The van der Waals surface area contributed by atoms with Gasteiger partial charge in [0.2, 0.25) is 10.0 Å². The van der Waals surface area contributed by atoms with Gasteiger partial charge in [0.05, 0.1) is 28.8 Å². The number of H-pyrrole nitrogens is 1. The van der Waals surface area contributed by atoms with E-state index in [1.165, 1.54) is 0 Å². The fourth-order valence-corrected chi connectivity index (χ4v) is 3.48. The van der Waals surface area contributed by atoms with Gasteiger partial charge in [-0.05, 0) is 36.2 Å². The maximum absolute atomic E-state index is 12.3. The molecule has 1 heterocycles. The molecule has 0 atom stereocenters. The van der Waals surface area contributed by atoms with E-state index in [1.54, 1.807) is 24.5 Å². The summed E-state index contributed by atoms with van der Waals surface area (Å²) in [5.41, 5.74) is 3.89. The van der Waals surface area contributed by atoms with Crippen molar-refractivity contribution >= 4 is 26.7 Å². The van der Waals surface area contributed by atoms with E-state index in [4.69, 9.17) is 0 Å². The van der Waals surface area contributed by atoms with Crippen molar-refractivity contribution in [3.63, 3.8) is 0 Å². The van der Waals surface area contributed by atoms with Gasteiger partial charge in [-0.15, -0.1) is 0 Å². The molecule has 0 saturated heterocycles. The lowest BCUT2D eigenvalue weighted by atomic mass is 10.1. The number of nitrogens with zero attached hydrogens (tertiary/aromatic N) is 1. The minimum absolute atomic E-state index is 0.0410. The SMILES string of the molecule is Cc1ccccc1CS(=O)(=O)Nc1ccc2nc[nH]c2c1. The van der Waals surface area contributed by atoms with Crippen LogP contribution in [0.1, 0.15) is 11.1 Å². The van der Waals surface area contributed by atoms with Crippen molar-refractivity contribution in [2.75, 3.05) is 4.72 Å². The van der Waals surface area contributed by atoms with Crippen LogP contribution >= 0.6 is 0 Å². The van der Waals surface area contributed by atoms with Gasteiger partial charge < -0.3 is 4.98 Å². The zero-order chi connectivity index (χ0) is 14.9. The Morgan fingerprint density at radius 1 is 1.19 bits per heavy atom. The van der Waals surface area contributed by atoms with E-state index in [1.807, 2.05) is 31.2 Å². The summed E-state index contributed by atoms with van der Waals surface area (Å²) < 4.78 is 27.1. The Morgan fingerprint density at radius 2 is 2.00 bits per heavy atom. The number of anilines is 1. The lowest BCUT2D eigenvalue weighted by Crippen LogP contribution is -2.15. The van der Waals surface area contributed by atoms with Gasteiger partial charge in [-0.25, -0.2) is 13.4 Å². The minimum Gasteiger partial charge on any atom is -0.345 e. The monoisotopic (exact) mass is 301 g/mol. The second-order valence-electron chi connectivity index (χ2n) is 4.92. The molecular formula is C15H15N3O2S. The number of hydrogen-bond donors (Lipinski definition) is 2. The predicted molar refractivity (Wildman–Crippen MR) is 83.5 cm³/mol. The molecule has 108 valence electrons. The van der Waals surface area contributed by atoms with Crippen LogP contribution < -0.4 is 4.72 Å². The standard InChI is InChI=1S/C15H15N3O2S/c1-11-4-2-3-5-12(11)9-21(19,20)18-13-6-7-14-15(8-13)17-10-16-14/h2-8,10,18H,9H2,1H3,(H,16,17). The van der Waals surface area contributed by atoms with Crippen LogP contribution in [0.25, 0.3) is 11.0 Å². The Labute approximate surface area is 123 Å². The van der Waals surface area contributed by atoms with E-state index in [0.717, 1.165) is 22.2 Å². The number of nitrogens with one attached hydrogen (secondary N) is 2. The summed E-state index contributed by atoms with van der Waals surface area (Å²) in [5.74, 6) is -0.0410. The van der Waals surface area contributed by atoms with E-state index >= 15 is 0 Å². The fraction of sp³-hybridized carbons (Fsp3) is 0.133. The van der Waals surface area contributed by atoms with Gasteiger partial charge in [0.25, 0.3) is 0 Å². The molecular weight excluding hydrogens is 286 g/mol. The molecule has 3 rings (SSSR count). The van der Waals surface area contributed by atoms with Crippen molar-refractivity contribution < 1.29 is 8.42 Å². The van der Waals surface area contributed by atoms with Crippen molar-refractivity contribution in [1.82, 2.24) is 9.97 Å². The van der Waals surface area contributed by atoms with Crippen molar-refractivity contribution in [3.05, 3.63) is 59.9 Å². The van der Waals surface area contributed by atoms with Gasteiger partial charge in [0.15, 0.2) is 0 Å². The number of aryl methyl sites for hydroxylation is 1. The molecule has 0 saturated carbocycles. The summed E-state index contributed by atoms with van der Waals surface area (Å²) in [4.78, 5) is 7.06. The highest BCUT2D eigenvalue weighted by Gasteiger charge is 2.13. The first-order chi connectivity index (χ1) is 10.0. The number of rotatable bonds is 4. The fourth-order valence-electron chi connectivity index (χ4n) is 2.19. The maximum Gasteiger partial charge on any atom is 0.236 e. The van der Waals surface area contributed by atoms with Crippen molar-refractivity contribution in [2.24, 2.45) is 0 Å². The Balaban J connectivity index is 1.84. The molecule has 0 aliphatic rings. The molecule has 0 spiro atoms. The highest BCUT2D eigenvalue weighted by molar-refractivity contribution is 7.91. The molecule has 1 aromatic heterocycles. The molecule has 0 aliphatic carbocycles. The van der Waals surface area contributed by atoms with Crippen molar-refractivity contribution in [1.29, 1.82) is 0 Å². The number of hydrogen-bond acceptors (Lipinski definition) is 3. The molecule has 0 radical (unpaired) electrons. The topological polar surface area (TPSA) is 74.8 Å². The molecule has 2 N–H and O–H groups in total. The second kappa shape index (κ2) is 5.21. The summed E-state index contributed by atoms with van der Waals surface area (Å²) in [5, 5.41) is 0. The number of aromatic amines is 1. The van der Waals surface area contributed by atoms with E-state index in [2.05, 4.69) is 14.7 Å². The maximum atomic E-state index is 12.3. The van der Waals surface area contributed by atoms with Gasteiger partial charge >= 0.3 is 0 Å². The number of aromatic nitrogens is 2. The Morgan fingerprint density at radius 3 is 2.81 bits per heavy atom. The van der Waals surface area contributed by atoms with E-state index < -0.39 is 10.0 Å². The summed E-state index contributed by atoms with van der Waals surface area (Å²) in [6.45, 7) is 1.90. The molecule has 3 aromatic rings. The van der Waals surface area contributed by atoms with Crippen LogP contribution in [0, 0.1) is 6.92 Å². The van der Waals surface area contributed by atoms with E-state index in [-0.39, 0.29) is 5.75 Å². The third kappa shape index (κ3) is 3.05. The zero-order valence-electron chi connectivity index (χ0n) is 11.5. The molecule has 5 nitrogen and oxygen atoms in total. The normalized spacial score (nSPS) is 11.7. The zero-order valence-corrected chi connectivity index (χ0v) is 12.3. The van der Waals surface area contributed by atoms with E-state index in [0.29, 0.717) is 5.69 Å². The van der Waals surface area contributed by atoms with Crippen LogP contribution in [0.15, 0.2) is 48.8 Å². The third-order valence-electron chi connectivity index (χ3n) is 3.30. The van der Waals surface area contributed by atoms with Gasteiger partial charge in [-0.1, -0.05) is 24.3 Å². The molecule has 2 aromatic carbocycles. The van der Waals surface area contributed by atoms with Crippen LogP contribution in [0.2, 0.25) is 0 Å². The molecule has 0 unspecified atom stereocenters. The van der Waals surface area contributed by atoms with Crippen molar-refractivity contribution in [2.45, 2.75) is 12.7 Å². The Bertz CT molecular complexity index is 885. The highest BCUT2D eigenvalue weighted by atomic mass is 32.2. The summed E-state index contributed by atoms with van der Waals surface area (Å²) in [7, 11) is -3.45. The van der Waals surface area contributed by atoms with Gasteiger partial charge in [-0.2, -0.15) is 0 Å². The van der Waals surface area contributed by atoms with Crippen LogP contribution in [0.4, 0.5) is 5.69 Å². The average molecular weight is 301 g/mol. The van der Waals surface area contributed by atoms with Crippen LogP contribution in [-0.4, -0.2) is 18.4 Å². The first-order valence-electron chi connectivity index (χ1n) is 6.52. The number of benzene rings is 2. The number of sulfonamides is 1. The largest absolute Gasteiger partial charge is 0.345 e. The first-order valence-corrected chi connectivity index (χ1v) is 8.17. The first kappa shape index (κ1) is 13.6. The van der Waals surface area contributed by atoms with Crippen LogP contribution in [-0.2, 0) is 15.8 Å². The molecule has 6 heteroatoms. The molecule has 21 heavy (non-hydrogen) atoms. The van der Waals surface area contributed by atoms with E-state index in [9.17, 15) is 8.42 Å².